The van der Waals surface area contributed by atoms with Crippen molar-refractivity contribution in [1.82, 2.24) is 19.9 Å². The number of aromatic amines is 1. The molecule has 0 unspecified atom stereocenters. The molecular weight excluding hydrogens is 441 g/mol. The highest BCUT2D eigenvalue weighted by Crippen LogP contribution is 2.36. The van der Waals surface area contributed by atoms with Gasteiger partial charge >= 0.3 is 0 Å². The van der Waals surface area contributed by atoms with Gasteiger partial charge in [-0.1, -0.05) is 39.3 Å². The Bertz CT molecular complexity index is 1220. The van der Waals surface area contributed by atoms with E-state index in [0.717, 1.165) is 0 Å². The molecule has 3 rings (SSSR count). The Morgan fingerprint density at radius 3 is 2.55 bits per heavy atom. The van der Waals surface area contributed by atoms with Crippen molar-refractivity contribution in [2.75, 3.05) is 11.5 Å². The second-order valence-corrected chi connectivity index (χ2v) is 11.0. The van der Waals surface area contributed by atoms with Gasteiger partial charge in [-0.2, -0.15) is 0 Å². The smallest absolute Gasteiger partial charge is 0.220 e. The summed E-state index contributed by atoms with van der Waals surface area (Å²) in [6.45, 7) is 7.65. The van der Waals surface area contributed by atoms with Gasteiger partial charge in [0, 0.05) is 27.8 Å². The molecule has 31 heavy (non-hydrogen) atoms. The topological polar surface area (TPSA) is 115 Å². The first-order valence-electron chi connectivity index (χ1n) is 9.79. The molecule has 0 aliphatic heterocycles. The van der Waals surface area contributed by atoms with Gasteiger partial charge in [-0.15, -0.1) is 0 Å². The lowest BCUT2D eigenvalue weighted by molar-refractivity contribution is 0.553. The second kappa shape index (κ2) is 8.55. The van der Waals surface area contributed by atoms with Crippen molar-refractivity contribution in [3.8, 4) is 22.6 Å². The van der Waals surface area contributed by atoms with Crippen molar-refractivity contribution < 1.29 is 12.8 Å². The number of hydrogen-bond donors (Lipinski definition) is 2. The average molecular weight is 466 g/mol. The first-order chi connectivity index (χ1) is 14.4. The van der Waals surface area contributed by atoms with Crippen LogP contribution in [0.5, 0.6) is 0 Å². The van der Waals surface area contributed by atoms with Gasteiger partial charge in [0.15, 0.2) is 9.84 Å². The van der Waals surface area contributed by atoms with E-state index in [1.54, 1.807) is 13.0 Å². The predicted octanol–water partition coefficient (Wildman–Crippen LogP) is 4.53. The first-order valence-corrected chi connectivity index (χ1v) is 12.0. The molecule has 0 aliphatic rings. The maximum atomic E-state index is 15.6. The molecule has 2 heterocycles. The number of nitrogens with zero attached hydrogens (tertiary/aromatic N) is 3. The summed E-state index contributed by atoms with van der Waals surface area (Å²) in [5.41, 5.74) is 6.62. The van der Waals surface area contributed by atoms with Crippen LogP contribution in [-0.2, 0) is 21.0 Å². The molecule has 3 aromatic rings. The number of rotatable bonds is 6. The van der Waals surface area contributed by atoms with Gasteiger partial charge in [-0.3, -0.25) is 0 Å². The molecule has 10 heteroatoms. The summed E-state index contributed by atoms with van der Waals surface area (Å²) in [7, 11) is -3.47. The van der Waals surface area contributed by atoms with Crippen LogP contribution in [-0.4, -0.2) is 34.1 Å². The number of halogens is 2. The van der Waals surface area contributed by atoms with E-state index in [0.29, 0.717) is 23.6 Å². The molecular formula is C21H25ClFN5O2S. The number of imidazole rings is 1. The Labute approximate surface area is 186 Å². The van der Waals surface area contributed by atoms with E-state index in [1.807, 2.05) is 20.8 Å². The minimum absolute atomic E-state index is 0.00408. The molecule has 0 radical (unpaired) electrons. The fourth-order valence-corrected chi connectivity index (χ4v) is 4.86. The third-order valence-corrected chi connectivity index (χ3v) is 6.60. The molecule has 0 aliphatic carbocycles. The van der Waals surface area contributed by atoms with Crippen LogP contribution in [0.2, 0.25) is 5.02 Å². The summed E-state index contributed by atoms with van der Waals surface area (Å²) in [5, 5.41) is 0.214. The maximum Gasteiger partial charge on any atom is 0.220 e. The van der Waals surface area contributed by atoms with Crippen LogP contribution in [0.15, 0.2) is 24.4 Å². The van der Waals surface area contributed by atoms with E-state index < -0.39 is 21.4 Å². The van der Waals surface area contributed by atoms with Crippen molar-refractivity contribution in [3.05, 3.63) is 46.6 Å². The highest BCUT2D eigenvalue weighted by atomic mass is 35.5. The van der Waals surface area contributed by atoms with E-state index in [-0.39, 0.29) is 39.0 Å². The second-order valence-electron chi connectivity index (χ2n) is 8.38. The SMILES string of the molecule is CCCS(=O)(=O)Cc1cc(Cl)cc(-c2nc(C(C)(C)C)[nH]c2-c2ccnc(N)n2)c1F. The standard InChI is InChI=1S/C21H25ClFN5O2S/c1-5-8-31(29,30)11-12-9-13(22)10-14(16(12)23)17-18(15-6-7-25-20(24)26-15)28-19(27-17)21(2,3)4/h6-7,9-10H,5,8,11H2,1-4H3,(H,27,28)(H2,24,25,26). The molecule has 0 amide bonds. The summed E-state index contributed by atoms with van der Waals surface area (Å²) in [4.78, 5) is 16.0. The summed E-state index contributed by atoms with van der Waals surface area (Å²) in [5.74, 6) is -0.482. The van der Waals surface area contributed by atoms with Gasteiger partial charge in [0.2, 0.25) is 5.95 Å². The van der Waals surface area contributed by atoms with Crippen molar-refractivity contribution in [2.45, 2.75) is 45.3 Å². The van der Waals surface area contributed by atoms with Gasteiger partial charge in [0.1, 0.15) is 17.3 Å². The molecule has 0 fully saturated rings. The molecule has 0 spiro atoms. The van der Waals surface area contributed by atoms with Gasteiger partial charge in [-0.25, -0.2) is 27.8 Å². The number of nitrogens with two attached hydrogens (primary N) is 1. The van der Waals surface area contributed by atoms with Crippen LogP contribution in [0.3, 0.4) is 0 Å². The van der Waals surface area contributed by atoms with Gasteiger partial charge in [0.25, 0.3) is 0 Å². The van der Waals surface area contributed by atoms with Crippen molar-refractivity contribution in [1.29, 1.82) is 0 Å². The summed E-state index contributed by atoms with van der Waals surface area (Å²) >= 11 is 6.25. The third kappa shape index (κ3) is 5.22. The molecule has 0 atom stereocenters. The Morgan fingerprint density at radius 2 is 1.94 bits per heavy atom. The number of aromatic nitrogens is 4. The van der Waals surface area contributed by atoms with Crippen LogP contribution in [0, 0.1) is 5.82 Å². The average Bonchev–Trinajstić information content (AvgIpc) is 3.09. The number of H-pyrrole nitrogens is 1. The van der Waals surface area contributed by atoms with Gasteiger partial charge in [-0.05, 0) is 24.6 Å². The van der Waals surface area contributed by atoms with Crippen molar-refractivity contribution in [2.24, 2.45) is 0 Å². The molecule has 7 nitrogen and oxygen atoms in total. The van der Waals surface area contributed by atoms with E-state index in [9.17, 15) is 8.42 Å². The molecule has 2 aromatic heterocycles. The minimum atomic E-state index is -3.47. The summed E-state index contributed by atoms with van der Waals surface area (Å²) < 4.78 is 40.2. The number of nitrogen functional groups attached to an aromatic ring is 1. The van der Waals surface area contributed by atoms with E-state index in [2.05, 4.69) is 19.9 Å². The predicted molar refractivity (Wildman–Crippen MR) is 121 cm³/mol. The molecule has 0 saturated heterocycles. The molecule has 3 N–H and O–H groups in total. The lowest BCUT2D eigenvalue weighted by Gasteiger charge is -2.14. The van der Waals surface area contributed by atoms with Crippen LogP contribution in [0.4, 0.5) is 10.3 Å². The Balaban J connectivity index is 2.24. The van der Waals surface area contributed by atoms with Crippen LogP contribution in [0.1, 0.15) is 45.5 Å². The largest absolute Gasteiger partial charge is 0.368 e. The van der Waals surface area contributed by atoms with E-state index in [1.165, 1.54) is 18.3 Å². The lowest BCUT2D eigenvalue weighted by atomic mass is 9.96. The highest BCUT2D eigenvalue weighted by Gasteiger charge is 2.26. The fraction of sp³-hybridized carbons (Fsp3) is 0.381. The number of sulfone groups is 1. The van der Waals surface area contributed by atoms with Crippen molar-refractivity contribution in [3.63, 3.8) is 0 Å². The monoisotopic (exact) mass is 465 g/mol. The zero-order valence-electron chi connectivity index (χ0n) is 17.8. The zero-order chi connectivity index (χ0) is 23.0. The minimum Gasteiger partial charge on any atom is -0.368 e. The quantitative estimate of drug-likeness (QED) is 0.552. The van der Waals surface area contributed by atoms with Gasteiger partial charge in [0.05, 0.1) is 22.9 Å². The highest BCUT2D eigenvalue weighted by molar-refractivity contribution is 7.90. The Hall–Kier alpha value is -2.52. The maximum absolute atomic E-state index is 15.6. The number of benzene rings is 1. The number of nitrogens with one attached hydrogen (secondary N) is 1. The van der Waals surface area contributed by atoms with E-state index >= 15 is 4.39 Å². The lowest BCUT2D eigenvalue weighted by Crippen LogP contribution is -2.13. The molecule has 0 saturated carbocycles. The molecule has 0 bridgehead atoms. The first kappa shape index (κ1) is 23.1. The third-order valence-electron chi connectivity index (χ3n) is 4.60. The molecule has 1 aromatic carbocycles. The molecule has 166 valence electrons. The fourth-order valence-electron chi connectivity index (χ4n) is 3.16. The zero-order valence-corrected chi connectivity index (χ0v) is 19.4. The summed E-state index contributed by atoms with van der Waals surface area (Å²) in [6.07, 6.45) is 1.95. The normalized spacial score (nSPS) is 12.3. The van der Waals surface area contributed by atoms with Crippen molar-refractivity contribution >= 4 is 27.4 Å². The number of hydrogen-bond acceptors (Lipinski definition) is 6. The van der Waals surface area contributed by atoms with E-state index in [4.69, 9.17) is 17.3 Å². The van der Waals surface area contributed by atoms with Crippen LogP contribution in [0.25, 0.3) is 22.6 Å². The number of anilines is 1. The Kier molecular flexibility index (Phi) is 6.38. The summed E-state index contributed by atoms with van der Waals surface area (Å²) in [6, 6.07) is 4.41. The van der Waals surface area contributed by atoms with Crippen LogP contribution >= 0.6 is 11.6 Å². The Morgan fingerprint density at radius 1 is 1.23 bits per heavy atom. The van der Waals surface area contributed by atoms with Gasteiger partial charge < -0.3 is 10.7 Å². The van der Waals surface area contributed by atoms with Crippen LogP contribution < -0.4 is 5.73 Å².